The van der Waals surface area contributed by atoms with Gasteiger partial charge < -0.3 is 5.32 Å². The van der Waals surface area contributed by atoms with Gasteiger partial charge in [-0.2, -0.15) is 11.3 Å². The first-order valence-corrected chi connectivity index (χ1v) is 9.87. The average Bonchev–Trinajstić information content (AvgIpc) is 3.20. The maximum absolute atomic E-state index is 12.0. The van der Waals surface area contributed by atoms with Crippen molar-refractivity contribution < 1.29 is 4.79 Å². The highest BCUT2D eigenvalue weighted by Gasteiger charge is 2.09. The Morgan fingerprint density at radius 2 is 2.08 bits per heavy atom. The van der Waals surface area contributed by atoms with Crippen molar-refractivity contribution in [2.24, 2.45) is 0 Å². The van der Waals surface area contributed by atoms with E-state index in [-0.39, 0.29) is 12.3 Å². The number of amides is 1. The van der Waals surface area contributed by atoms with Crippen molar-refractivity contribution >= 4 is 51.8 Å². The second kappa shape index (κ2) is 8.12. The number of hydrogen-bond acceptors (Lipinski definition) is 4. The maximum atomic E-state index is 12.0. The van der Waals surface area contributed by atoms with Gasteiger partial charge in [-0.05, 0) is 35.6 Å². The van der Waals surface area contributed by atoms with Crippen LogP contribution in [-0.4, -0.2) is 17.4 Å². The molecule has 24 heavy (non-hydrogen) atoms. The van der Waals surface area contributed by atoms with Crippen molar-refractivity contribution in [2.75, 3.05) is 6.54 Å². The molecule has 1 aromatic carbocycles. The van der Waals surface area contributed by atoms with E-state index in [0.717, 1.165) is 21.8 Å². The number of carbonyl (C=O) groups excluding carboxylic acids is 1. The van der Waals surface area contributed by atoms with Crippen molar-refractivity contribution in [3.8, 4) is 10.6 Å². The molecule has 0 spiro atoms. The third-order valence-electron chi connectivity index (χ3n) is 3.39. The summed E-state index contributed by atoms with van der Waals surface area (Å²) in [7, 11) is 0. The van der Waals surface area contributed by atoms with Gasteiger partial charge in [-0.1, -0.05) is 29.3 Å². The van der Waals surface area contributed by atoms with Gasteiger partial charge >= 0.3 is 0 Å². The molecule has 1 amide bonds. The lowest BCUT2D eigenvalue weighted by Gasteiger charge is -2.06. The number of halogens is 2. The molecule has 0 aliphatic rings. The van der Waals surface area contributed by atoms with E-state index in [1.807, 2.05) is 22.9 Å². The van der Waals surface area contributed by atoms with Crippen LogP contribution in [0.4, 0.5) is 0 Å². The molecule has 7 heteroatoms. The van der Waals surface area contributed by atoms with Crippen molar-refractivity contribution in [2.45, 2.75) is 12.8 Å². The molecule has 2 aromatic heterocycles. The fourth-order valence-electron chi connectivity index (χ4n) is 2.19. The molecule has 0 unspecified atom stereocenters. The zero-order valence-electron chi connectivity index (χ0n) is 12.6. The molecule has 0 aliphatic heterocycles. The number of thiophene rings is 1. The van der Waals surface area contributed by atoms with Gasteiger partial charge in [0.2, 0.25) is 5.91 Å². The lowest BCUT2D eigenvalue weighted by molar-refractivity contribution is -0.120. The van der Waals surface area contributed by atoms with Crippen LogP contribution in [0.1, 0.15) is 11.3 Å². The van der Waals surface area contributed by atoms with Crippen LogP contribution in [0.15, 0.2) is 40.4 Å². The molecule has 0 fully saturated rings. The largest absolute Gasteiger partial charge is 0.355 e. The summed E-state index contributed by atoms with van der Waals surface area (Å²) in [5.41, 5.74) is 2.87. The summed E-state index contributed by atoms with van der Waals surface area (Å²) < 4.78 is 0. The van der Waals surface area contributed by atoms with Crippen molar-refractivity contribution in [1.82, 2.24) is 10.3 Å². The first kappa shape index (κ1) is 17.4. The molecule has 3 rings (SSSR count). The van der Waals surface area contributed by atoms with Crippen molar-refractivity contribution in [1.29, 1.82) is 0 Å². The topological polar surface area (TPSA) is 42.0 Å². The Kier molecular flexibility index (Phi) is 5.89. The molecular formula is C17H14Cl2N2OS2. The number of aromatic nitrogens is 1. The van der Waals surface area contributed by atoms with E-state index in [0.29, 0.717) is 23.0 Å². The Morgan fingerprint density at radius 3 is 2.83 bits per heavy atom. The Labute approximate surface area is 158 Å². The van der Waals surface area contributed by atoms with Gasteiger partial charge in [0.25, 0.3) is 0 Å². The Bertz CT molecular complexity index is 831. The molecule has 0 radical (unpaired) electrons. The van der Waals surface area contributed by atoms with Gasteiger partial charge in [0.15, 0.2) is 0 Å². The molecular weight excluding hydrogens is 383 g/mol. The molecule has 0 aliphatic carbocycles. The molecule has 0 atom stereocenters. The second-order valence-electron chi connectivity index (χ2n) is 5.17. The number of carbonyl (C=O) groups is 1. The van der Waals surface area contributed by atoms with Crippen LogP contribution in [0.2, 0.25) is 10.0 Å². The highest BCUT2D eigenvalue weighted by Crippen LogP contribution is 2.25. The van der Waals surface area contributed by atoms with E-state index in [2.05, 4.69) is 15.7 Å². The third-order valence-corrected chi connectivity index (χ3v) is 5.60. The number of thiazole rings is 1. The van der Waals surface area contributed by atoms with Gasteiger partial charge in [-0.3, -0.25) is 4.79 Å². The number of benzene rings is 1. The summed E-state index contributed by atoms with van der Waals surface area (Å²) in [4.78, 5) is 16.6. The number of nitrogens with zero attached hydrogens (tertiary/aromatic N) is 1. The summed E-state index contributed by atoms with van der Waals surface area (Å²) >= 11 is 15.2. The van der Waals surface area contributed by atoms with Crippen LogP contribution in [0.5, 0.6) is 0 Å². The fraction of sp³-hybridized carbons (Fsp3) is 0.176. The summed E-state index contributed by atoms with van der Waals surface area (Å²) in [6.45, 7) is 0.529. The van der Waals surface area contributed by atoms with E-state index in [4.69, 9.17) is 23.2 Å². The van der Waals surface area contributed by atoms with Crippen molar-refractivity contribution in [3.05, 3.63) is 61.7 Å². The van der Waals surface area contributed by atoms with Crippen LogP contribution >= 0.6 is 45.9 Å². The Morgan fingerprint density at radius 1 is 1.21 bits per heavy atom. The summed E-state index contributed by atoms with van der Waals surface area (Å²) in [5.74, 6) is -0.0396. The minimum Gasteiger partial charge on any atom is -0.355 e. The highest BCUT2D eigenvalue weighted by molar-refractivity contribution is 7.14. The van der Waals surface area contributed by atoms with Gasteiger partial charge in [0, 0.05) is 32.9 Å². The van der Waals surface area contributed by atoms with Gasteiger partial charge in [0.1, 0.15) is 5.01 Å². The van der Waals surface area contributed by atoms with E-state index < -0.39 is 0 Å². The van der Waals surface area contributed by atoms with Crippen molar-refractivity contribution in [3.63, 3.8) is 0 Å². The SMILES string of the molecule is O=C(Cc1csc(-c2ccsc2)n1)NCCc1ccc(Cl)cc1Cl. The Balaban J connectivity index is 1.49. The predicted octanol–water partition coefficient (Wildman–Crippen LogP) is 5.08. The van der Waals surface area contributed by atoms with Crippen LogP contribution in [-0.2, 0) is 17.6 Å². The van der Waals surface area contributed by atoms with E-state index >= 15 is 0 Å². The molecule has 0 bridgehead atoms. The lowest BCUT2D eigenvalue weighted by atomic mass is 10.1. The number of nitrogens with one attached hydrogen (secondary N) is 1. The smallest absolute Gasteiger partial charge is 0.226 e. The third kappa shape index (κ3) is 4.57. The normalized spacial score (nSPS) is 10.8. The molecule has 3 aromatic rings. The molecule has 2 heterocycles. The quantitative estimate of drug-likeness (QED) is 0.630. The van der Waals surface area contributed by atoms with Crippen LogP contribution in [0, 0.1) is 0 Å². The van der Waals surface area contributed by atoms with E-state index in [1.165, 1.54) is 0 Å². The summed E-state index contributed by atoms with van der Waals surface area (Å²) in [6.07, 6.45) is 0.952. The van der Waals surface area contributed by atoms with Crippen LogP contribution < -0.4 is 5.32 Å². The molecule has 124 valence electrons. The summed E-state index contributed by atoms with van der Waals surface area (Å²) in [6, 6.07) is 7.42. The van der Waals surface area contributed by atoms with E-state index in [1.54, 1.807) is 34.8 Å². The first-order valence-electron chi connectivity index (χ1n) is 7.29. The van der Waals surface area contributed by atoms with Gasteiger partial charge in [-0.15, -0.1) is 11.3 Å². The lowest BCUT2D eigenvalue weighted by Crippen LogP contribution is -2.27. The highest BCUT2D eigenvalue weighted by atomic mass is 35.5. The summed E-state index contributed by atoms with van der Waals surface area (Å²) in [5, 5.41) is 11.1. The zero-order chi connectivity index (χ0) is 16.9. The van der Waals surface area contributed by atoms with Gasteiger partial charge in [-0.25, -0.2) is 4.98 Å². The second-order valence-corrected chi connectivity index (χ2v) is 7.65. The minimum atomic E-state index is -0.0396. The Hall–Kier alpha value is -1.40. The van der Waals surface area contributed by atoms with Crippen LogP contribution in [0.3, 0.4) is 0 Å². The van der Waals surface area contributed by atoms with E-state index in [9.17, 15) is 4.79 Å². The minimum absolute atomic E-state index is 0.0396. The first-order chi connectivity index (χ1) is 11.6. The monoisotopic (exact) mass is 396 g/mol. The average molecular weight is 397 g/mol. The molecule has 0 saturated carbocycles. The predicted molar refractivity (Wildman–Crippen MR) is 102 cm³/mol. The fourth-order valence-corrected chi connectivity index (χ4v) is 4.23. The molecule has 3 nitrogen and oxygen atoms in total. The molecule has 0 saturated heterocycles. The molecule has 1 N–H and O–H groups in total. The number of rotatable bonds is 6. The van der Waals surface area contributed by atoms with Gasteiger partial charge in [0.05, 0.1) is 12.1 Å². The number of hydrogen-bond donors (Lipinski definition) is 1. The maximum Gasteiger partial charge on any atom is 0.226 e. The standard InChI is InChI=1S/C17H14Cl2N2OS2/c18-13-2-1-11(15(19)7-13)3-5-20-16(22)8-14-10-24-17(21-14)12-4-6-23-9-12/h1-2,4,6-7,9-10H,3,5,8H2,(H,20,22). The zero-order valence-corrected chi connectivity index (χ0v) is 15.7. The van der Waals surface area contributed by atoms with Crippen LogP contribution in [0.25, 0.3) is 10.6 Å².